The first-order valence-corrected chi connectivity index (χ1v) is 8.33. The minimum absolute atomic E-state index is 0.355. The molecule has 1 aliphatic carbocycles. The molecule has 0 bridgehead atoms. The SMILES string of the molecule is C=CCOC[C@@H]1CC[C@@H]2[C@@H]1OCCN2Cc1cccs1. The van der Waals surface area contributed by atoms with Crippen LogP contribution >= 0.6 is 11.3 Å². The molecule has 4 heteroatoms. The van der Waals surface area contributed by atoms with Crippen molar-refractivity contribution in [3.63, 3.8) is 0 Å². The lowest BCUT2D eigenvalue weighted by atomic mass is 10.0. The maximum absolute atomic E-state index is 6.05. The van der Waals surface area contributed by atoms with Crippen molar-refractivity contribution >= 4 is 11.3 Å². The fourth-order valence-corrected chi connectivity index (χ4v) is 4.15. The van der Waals surface area contributed by atoms with Crippen molar-refractivity contribution < 1.29 is 9.47 Å². The molecule has 1 saturated carbocycles. The highest BCUT2D eigenvalue weighted by atomic mass is 32.1. The topological polar surface area (TPSA) is 21.7 Å². The smallest absolute Gasteiger partial charge is 0.0781 e. The summed E-state index contributed by atoms with van der Waals surface area (Å²) in [7, 11) is 0. The van der Waals surface area contributed by atoms with Crippen LogP contribution in [0.3, 0.4) is 0 Å². The number of rotatable bonds is 6. The zero-order valence-electron chi connectivity index (χ0n) is 11.9. The molecular formula is C16H23NO2S. The summed E-state index contributed by atoms with van der Waals surface area (Å²) in [4.78, 5) is 4.06. The third-order valence-corrected chi connectivity index (χ3v) is 5.20. The summed E-state index contributed by atoms with van der Waals surface area (Å²) in [6.45, 7) is 8.13. The fourth-order valence-electron chi connectivity index (χ4n) is 3.42. The summed E-state index contributed by atoms with van der Waals surface area (Å²) in [6, 6.07) is 4.94. The van der Waals surface area contributed by atoms with E-state index in [9.17, 15) is 0 Å². The Morgan fingerprint density at radius 3 is 3.25 bits per heavy atom. The summed E-state index contributed by atoms with van der Waals surface area (Å²) in [5, 5.41) is 2.16. The highest BCUT2D eigenvalue weighted by molar-refractivity contribution is 7.09. The van der Waals surface area contributed by atoms with Crippen molar-refractivity contribution in [1.82, 2.24) is 4.90 Å². The van der Waals surface area contributed by atoms with Gasteiger partial charge in [-0.05, 0) is 24.3 Å². The summed E-state index contributed by atoms with van der Waals surface area (Å²) in [6.07, 6.45) is 4.62. The Balaban J connectivity index is 1.58. The zero-order valence-corrected chi connectivity index (χ0v) is 12.7. The summed E-state index contributed by atoms with van der Waals surface area (Å²) in [5.41, 5.74) is 0. The number of morpholine rings is 1. The Morgan fingerprint density at radius 1 is 1.50 bits per heavy atom. The third kappa shape index (κ3) is 3.14. The van der Waals surface area contributed by atoms with Gasteiger partial charge in [0.1, 0.15) is 0 Å². The van der Waals surface area contributed by atoms with E-state index < -0.39 is 0 Å². The Kier molecular flexibility index (Phi) is 4.89. The highest BCUT2D eigenvalue weighted by Crippen LogP contribution is 2.35. The van der Waals surface area contributed by atoms with Crippen molar-refractivity contribution in [2.45, 2.75) is 31.5 Å². The molecule has 0 N–H and O–H groups in total. The standard InChI is InChI=1S/C16H23NO2S/c1-2-8-18-12-13-5-6-15-16(13)19-9-7-17(15)11-14-4-3-10-20-14/h2-4,10,13,15-16H,1,5-9,11-12H2/t13-,15+,16+/m0/s1. The molecule has 1 saturated heterocycles. The molecule has 0 radical (unpaired) electrons. The molecule has 2 fully saturated rings. The van der Waals surface area contributed by atoms with Gasteiger partial charge in [0.2, 0.25) is 0 Å². The molecule has 1 aromatic heterocycles. The van der Waals surface area contributed by atoms with Crippen LogP contribution in [0.2, 0.25) is 0 Å². The second-order valence-corrected chi connectivity index (χ2v) is 6.65. The number of thiophene rings is 1. The first-order valence-electron chi connectivity index (χ1n) is 7.45. The molecule has 110 valence electrons. The predicted molar refractivity (Wildman–Crippen MR) is 82.0 cm³/mol. The Morgan fingerprint density at radius 2 is 2.45 bits per heavy atom. The number of ether oxygens (including phenoxy) is 2. The molecule has 1 aliphatic heterocycles. The van der Waals surface area contributed by atoms with Crippen molar-refractivity contribution in [1.29, 1.82) is 0 Å². The molecule has 3 atom stereocenters. The molecule has 3 nitrogen and oxygen atoms in total. The van der Waals surface area contributed by atoms with Crippen LogP contribution in [0.5, 0.6) is 0 Å². The van der Waals surface area contributed by atoms with Crippen molar-refractivity contribution in [3.8, 4) is 0 Å². The van der Waals surface area contributed by atoms with E-state index in [1.54, 1.807) is 0 Å². The molecular weight excluding hydrogens is 270 g/mol. The van der Waals surface area contributed by atoms with E-state index >= 15 is 0 Å². The van der Waals surface area contributed by atoms with Gasteiger partial charge in [0, 0.05) is 29.9 Å². The molecule has 0 unspecified atom stereocenters. The number of nitrogens with zero attached hydrogens (tertiary/aromatic N) is 1. The van der Waals surface area contributed by atoms with E-state index in [1.807, 2.05) is 17.4 Å². The maximum Gasteiger partial charge on any atom is 0.0781 e. The molecule has 1 aromatic rings. The van der Waals surface area contributed by atoms with Crippen LogP contribution in [0.4, 0.5) is 0 Å². The Hall–Kier alpha value is -0.680. The normalized spacial score (nSPS) is 30.3. The molecule has 0 amide bonds. The van der Waals surface area contributed by atoms with Crippen LogP contribution in [-0.2, 0) is 16.0 Å². The van der Waals surface area contributed by atoms with E-state index in [-0.39, 0.29) is 0 Å². The highest BCUT2D eigenvalue weighted by Gasteiger charge is 2.42. The zero-order chi connectivity index (χ0) is 13.8. The lowest BCUT2D eigenvalue weighted by Crippen LogP contribution is -2.50. The van der Waals surface area contributed by atoms with E-state index in [2.05, 4.69) is 29.0 Å². The van der Waals surface area contributed by atoms with Gasteiger partial charge in [0.05, 0.1) is 25.9 Å². The minimum atomic E-state index is 0.355. The van der Waals surface area contributed by atoms with Gasteiger partial charge >= 0.3 is 0 Å². The average molecular weight is 293 g/mol. The van der Waals surface area contributed by atoms with Gasteiger partial charge < -0.3 is 9.47 Å². The Bertz CT molecular complexity index is 420. The van der Waals surface area contributed by atoms with Gasteiger partial charge in [-0.15, -0.1) is 17.9 Å². The minimum Gasteiger partial charge on any atom is -0.377 e. The first-order chi connectivity index (χ1) is 9.88. The predicted octanol–water partition coefficient (Wildman–Crippen LogP) is 2.93. The first kappa shape index (κ1) is 14.3. The largest absolute Gasteiger partial charge is 0.377 e. The van der Waals surface area contributed by atoms with Crippen molar-refractivity contribution in [2.75, 3.05) is 26.4 Å². The van der Waals surface area contributed by atoms with Gasteiger partial charge in [0.25, 0.3) is 0 Å². The molecule has 3 rings (SSSR count). The van der Waals surface area contributed by atoms with E-state index in [0.717, 1.165) is 26.3 Å². The number of hydrogen-bond donors (Lipinski definition) is 0. The van der Waals surface area contributed by atoms with Crippen LogP contribution in [0.15, 0.2) is 30.2 Å². The number of fused-ring (bicyclic) bond motifs is 1. The maximum atomic E-state index is 6.05. The average Bonchev–Trinajstić information content (AvgIpc) is 3.10. The Labute approximate surface area is 125 Å². The second-order valence-electron chi connectivity index (χ2n) is 5.62. The summed E-state index contributed by atoms with van der Waals surface area (Å²) in [5.74, 6) is 0.547. The molecule has 2 heterocycles. The summed E-state index contributed by atoms with van der Waals surface area (Å²) >= 11 is 1.85. The molecule has 0 spiro atoms. The van der Waals surface area contributed by atoms with Crippen LogP contribution in [0.25, 0.3) is 0 Å². The van der Waals surface area contributed by atoms with Gasteiger partial charge in [0.15, 0.2) is 0 Å². The fraction of sp³-hybridized carbons (Fsp3) is 0.625. The van der Waals surface area contributed by atoms with E-state index in [4.69, 9.17) is 9.47 Å². The van der Waals surface area contributed by atoms with E-state index in [0.29, 0.717) is 24.7 Å². The molecule has 2 aliphatic rings. The van der Waals surface area contributed by atoms with Crippen LogP contribution in [0, 0.1) is 5.92 Å². The van der Waals surface area contributed by atoms with Gasteiger partial charge in [-0.1, -0.05) is 12.1 Å². The lowest BCUT2D eigenvalue weighted by Gasteiger charge is -2.39. The van der Waals surface area contributed by atoms with E-state index in [1.165, 1.54) is 17.7 Å². The summed E-state index contributed by atoms with van der Waals surface area (Å²) < 4.78 is 11.7. The van der Waals surface area contributed by atoms with Crippen LogP contribution < -0.4 is 0 Å². The molecule has 0 aromatic carbocycles. The van der Waals surface area contributed by atoms with Crippen molar-refractivity contribution in [3.05, 3.63) is 35.0 Å². The second kappa shape index (κ2) is 6.85. The van der Waals surface area contributed by atoms with Crippen LogP contribution in [-0.4, -0.2) is 43.4 Å². The van der Waals surface area contributed by atoms with Crippen molar-refractivity contribution in [2.24, 2.45) is 5.92 Å². The third-order valence-electron chi connectivity index (χ3n) is 4.34. The van der Waals surface area contributed by atoms with Gasteiger partial charge in [-0.2, -0.15) is 0 Å². The van der Waals surface area contributed by atoms with Gasteiger partial charge in [-0.25, -0.2) is 0 Å². The lowest BCUT2D eigenvalue weighted by molar-refractivity contribution is -0.0866. The molecule has 20 heavy (non-hydrogen) atoms. The monoisotopic (exact) mass is 293 g/mol. The van der Waals surface area contributed by atoms with Gasteiger partial charge in [-0.3, -0.25) is 4.90 Å². The number of hydrogen-bond acceptors (Lipinski definition) is 4. The van der Waals surface area contributed by atoms with Crippen LogP contribution in [0.1, 0.15) is 17.7 Å². The quantitative estimate of drug-likeness (QED) is 0.594.